The van der Waals surface area contributed by atoms with Crippen LogP contribution in [0.2, 0.25) is 0 Å². The van der Waals surface area contributed by atoms with Crippen LogP contribution in [0.15, 0.2) is 12.2 Å². The third-order valence-electron chi connectivity index (χ3n) is 6.07. The van der Waals surface area contributed by atoms with Crippen LogP contribution in [-0.4, -0.2) is 67.8 Å². The van der Waals surface area contributed by atoms with Gasteiger partial charge in [0.1, 0.15) is 13.1 Å². The Hall–Kier alpha value is -0.420. The lowest BCUT2D eigenvalue weighted by molar-refractivity contribution is -0.910. The summed E-state index contributed by atoms with van der Waals surface area (Å²) in [5.41, 5.74) is 0. The molecule has 2 N–H and O–H groups in total. The number of rotatable bonds is 24. The number of nitrogens with zero attached hydrogens (tertiary/aromatic N) is 1. The summed E-state index contributed by atoms with van der Waals surface area (Å²) in [6.45, 7) is 6.64. The predicted octanol–water partition coefficient (Wildman–Crippen LogP) is 5.86. The van der Waals surface area contributed by atoms with E-state index in [1.807, 2.05) is 0 Å². The lowest BCUT2D eigenvalue weighted by Gasteiger charge is -2.33. The minimum Gasteiger partial charge on any atom is -0.391 e. The minimum absolute atomic E-state index is 0.173. The van der Waals surface area contributed by atoms with Gasteiger partial charge in [-0.15, -0.1) is 0 Å². The highest BCUT2D eigenvalue weighted by Gasteiger charge is 2.19. The topological polar surface area (TPSA) is 49.7 Å². The largest absolute Gasteiger partial charge is 0.391 e. The number of hydrogen-bond donors (Lipinski definition) is 2. The molecule has 0 saturated heterocycles. The first-order valence-electron chi connectivity index (χ1n) is 13.0. The predicted molar refractivity (Wildman–Crippen MR) is 130 cm³/mol. The van der Waals surface area contributed by atoms with Gasteiger partial charge >= 0.3 is 0 Å². The number of ether oxygens (including phenoxy) is 1. The van der Waals surface area contributed by atoms with E-state index in [1.54, 1.807) is 0 Å². The summed E-state index contributed by atoms with van der Waals surface area (Å²) in [7, 11) is 2.10. The Kier molecular flexibility index (Phi) is 22.9. The van der Waals surface area contributed by atoms with Crippen LogP contribution in [0, 0.1) is 0 Å². The third-order valence-corrected chi connectivity index (χ3v) is 6.07. The maximum atomic E-state index is 9.16. The molecule has 0 saturated carbocycles. The number of unbranched alkanes of at least 4 members (excludes halogenated alkanes) is 12. The molecule has 0 aliphatic rings. The molecule has 0 aromatic rings. The van der Waals surface area contributed by atoms with E-state index in [0.717, 1.165) is 37.1 Å². The summed E-state index contributed by atoms with van der Waals surface area (Å²) in [4.78, 5) is 0. The second-order valence-electron chi connectivity index (χ2n) is 9.14. The molecule has 0 spiro atoms. The van der Waals surface area contributed by atoms with Crippen LogP contribution in [0.5, 0.6) is 0 Å². The normalized spacial score (nSPS) is 12.3. The average Bonchev–Trinajstić information content (AvgIpc) is 2.72. The zero-order valence-electron chi connectivity index (χ0n) is 20.5. The zero-order chi connectivity index (χ0) is 22.2. The lowest BCUT2D eigenvalue weighted by Crippen LogP contribution is -2.48. The maximum absolute atomic E-state index is 9.16. The number of hydrogen-bond acceptors (Lipinski definition) is 3. The van der Waals surface area contributed by atoms with Crippen molar-refractivity contribution >= 4 is 0 Å². The fourth-order valence-corrected chi connectivity index (χ4v) is 3.92. The molecule has 180 valence electrons. The highest BCUT2D eigenvalue weighted by atomic mass is 16.5. The quantitative estimate of drug-likeness (QED) is 0.115. The lowest BCUT2D eigenvalue weighted by atomic mass is 10.1. The number of aliphatic hydroxyl groups is 2. The van der Waals surface area contributed by atoms with Gasteiger partial charge in [-0.25, -0.2) is 0 Å². The molecule has 4 heteroatoms. The maximum Gasteiger partial charge on any atom is 0.102 e. The summed E-state index contributed by atoms with van der Waals surface area (Å²) in [5.74, 6) is 0. The van der Waals surface area contributed by atoms with Gasteiger partial charge in [-0.3, -0.25) is 0 Å². The van der Waals surface area contributed by atoms with Crippen molar-refractivity contribution in [3.05, 3.63) is 12.2 Å². The van der Waals surface area contributed by atoms with E-state index in [4.69, 9.17) is 14.9 Å². The van der Waals surface area contributed by atoms with Gasteiger partial charge in [0.05, 0.1) is 33.4 Å². The average molecular weight is 429 g/mol. The van der Waals surface area contributed by atoms with Crippen LogP contribution < -0.4 is 0 Å². The minimum atomic E-state index is 0.173. The molecule has 0 atom stereocenters. The van der Waals surface area contributed by atoms with Gasteiger partial charge < -0.3 is 19.4 Å². The molecule has 0 aromatic carbocycles. The molecular weight excluding hydrogens is 374 g/mol. The molecule has 0 unspecified atom stereocenters. The Labute approximate surface area is 188 Å². The van der Waals surface area contributed by atoms with Crippen molar-refractivity contribution in [3.8, 4) is 0 Å². The third kappa shape index (κ3) is 20.8. The van der Waals surface area contributed by atoms with Crippen molar-refractivity contribution in [1.82, 2.24) is 0 Å². The van der Waals surface area contributed by atoms with Gasteiger partial charge in [0, 0.05) is 13.0 Å². The van der Waals surface area contributed by atoms with Crippen molar-refractivity contribution in [2.75, 3.05) is 53.1 Å². The Morgan fingerprint density at radius 1 is 0.600 bits per heavy atom. The Morgan fingerprint density at radius 2 is 1.07 bits per heavy atom. The molecular formula is C26H54NO3+. The van der Waals surface area contributed by atoms with E-state index in [0.29, 0.717) is 13.1 Å². The summed E-state index contributed by atoms with van der Waals surface area (Å²) in [5, 5.41) is 18.3. The summed E-state index contributed by atoms with van der Waals surface area (Å²) < 4.78 is 6.49. The van der Waals surface area contributed by atoms with E-state index in [-0.39, 0.29) is 13.2 Å². The standard InChI is InChI=1S/C26H54NO3/c1-3-4-5-6-7-8-9-10-11-12-13-14-15-16-17-18-25-30-26-19-20-27(2,21-23-28)22-24-29/h10-11,28-29H,3-9,12-26H2,1-2H3/q+1/b11-10-. The number of likely N-dealkylation sites (N-methyl/N-ethyl adjacent to an activating group) is 1. The number of aliphatic hydroxyl groups excluding tert-OH is 2. The van der Waals surface area contributed by atoms with E-state index in [1.165, 1.54) is 83.5 Å². The molecule has 0 radical (unpaired) electrons. The van der Waals surface area contributed by atoms with Gasteiger partial charge in [0.2, 0.25) is 0 Å². The fourth-order valence-electron chi connectivity index (χ4n) is 3.92. The first-order chi connectivity index (χ1) is 14.7. The van der Waals surface area contributed by atoms with Crippen LogP contribution in [0.4, 0.5) is 0 Å². The van der Waals surface area contributed by atoms with Crippen molar-refractivity contribution in [1.29, 1.82) is 0 Å². The molecule has 0 rings (SSSR count). The van der Waals surface area contributed by atoms with Crippen molar-refractivity contribution in [2.45, 2.75) is 103 Å². The Balaban J connectivity index is 3.28. The highest BCUT2D eigenvalue weighted by Crippen LogP contribution is 2.10. The van der Waals surface area contributed by atoms with Crippen LogP contribution in [-0.2, 0) is 4.74 Å². The van der Waals surface area contributed by atoms with E-state index in [9.17, 15) is 0 Å². The SMILES string of the molecule is CCCCCCCC/C=C\CCCCCCCCOCCC[N+](C)(CCO)CCO. The summed E-state index contributed by atoms with van der Waals surface area (Å²) >= 11 is 0. The first kappa shape index (κ1) is 29.6. The molecule has 0 heterocycles. The zero-order valence-corrected chi connectivity index (χ0v) is 20.5. The smallest absolute Gasteiger partial charge is 0.102 e. The second-order valence-corrected chi connectivity index (χ2v) is 9.14. The molecule has 0 aliphatic heterocycles. The monoisotopic (exact) mass is 428 g/mol. The van der Waals surface area contributed by atoms with Gasteiger partial charge in [-0.2, -0.15) is 0 Å². The molecule has 0 aromatic heterocycles. The van der Waals surface area contributed by atoms with E-state index < -0.39 is 0 Å². The van der Waals surface area contributed by atoms with Crippen LogP contribution in [0.1, 0.15) is 103 Å². The first-order valence-corrected chi connectivity index (χ1v) is 13.0. The molecule has 0 amide bonds. The van der Waals surface area contributed by atoms with Gasteiger partial charge in [0.15, 0.2) is 0 Å². The van der Waals surface area contributed by atoms with E-state index in [2.05, 4.69) is 26.1 Å². The Morgan fingerprint density at radius 3 is 1.60 bits per heavy atom. The van der Waals surface area contributed by atoms with Crippen LogP contribution in [0.3, 0.4) is 0 Å². The van der Waals surface area contributed by atoms with Gasteiger partial charge in [-0.1, -0.05) is 76.9 Å². The molecule has 0 fully saturated rings. The molecule has 4 nitrogen and oxygen atoms in total. The number of quaternary nitrogens is 1. The number of allylic oxidation sites excluding steroid dienone is 2. The van der Waals surface area contributed by atoms with Crippen molar-refractivity contribution < 1.29 is 19.4 Å². The van der Waals surface area contributed by atoms with Crippen molar-refractivity contribution in [3.63, 3.8) is 0 Å². The second kappa shape index (κ2) is 23.2. The summed E-state index contributed by atoms with van der Waals surface area (Å²) in [6, 6.07) is 0. The summed E-state index contributed by atoms with van der Waals surface area (Å²) in [6.07, 6.45) is 24.5. The van der Waals surface area contributed by atoms with E-state index >= 15 is 0 Å². The van der Waals surface area contributed by atoms with Crippen LogP contribution >= 0.6 is 0 Å². The van der Waals surface area contributed by atoms with Gasteiger partial charge in [0.25, 0.3) is 0 Å². The highest BCUT2D eigenvalue weighted by molar-refractivity contribution is 4.81. The molecule has 0 bridgehead atoms. The fraction of sp³-hybridized carbons (Fsp3) is 0.923. The van der Waals surface area contributed by atoms with Gasteiger partial charge in [-0.05, 0) is 32.1 Å². The van der Waals surface area contributed by atoms with Crippen LogP contribution in [0.25, 0.3) is 0 Å². The van der Waals surface area contributed by atoms with Crippen molar-refractivity contribution in [2.24, 2.45) is 0 Å². The molecule has 30 heavy (non-hydrogen) atoms. The molecule has 0 aliphatic carbocycles. The Bertz CT molecular complexity index is 354.